The Labute approximate surface area is 269 Å². The Bertz CT molecular complexity index is 1510. The van der Waals surface area contributed by atoms with Gasteiger partial charge in [-0.2, -0.15) is 0 Å². The predicted molar refractivity (Wildman–Crippen MR) is 181 cm³/mol. The average Bonchev–Trinajstić information content (AvgIpc) is 3.10. The fraction of sp³-hybridized carbons (Fsp3) is 0.158. The van der Waals surface area contributed by atoms with Crippen molar-refractivity contribution in [3.63, 3.8) is 0 Å². The van der Waals surface area contributed by atoms with Gasteiger partial charge in [0.05, 0.1) is 0 Å². The number of carbonyl (C=O) groups excluding carboxylic acids is 4. The lowest BCUT2D eigenvalue weighted by Gasteiger charge is -2.12. The number of benzene rings is 4. The Kier molecular flexibility index (Phi) is 13.1. The Morgan fingerprint density at radius 3 is 1.11 bits per heavy atom. The molecule has 4 aromatic rings. The normalized spacial score (nSPS) is 11.3. The molecule has 0 aliphatic heterocycles. The molecule has 0 aliphatic rings. The zero-order chi connectivity index (χ0) is 32.4. The van der Waals surface area contributed by atoms with E-state index in [4.69, 9.17) is 0 Å². The van der Waals surface area contributed by atoms with Crippen molar-refractivity contribution in [3.8, 4) is 0 Å². The van der Waals surface area contributed by atoms with Crippen LogP contribution in [0, 0.1) is 0 Å². The van der Waals surface area contributed by atoms with Crippen LogP contribution in [0.25, 0.3) is 12.2 Å². The van der Waals surface area contributed by atoms with Gasteiger partial charge in [-0.25, -0.2) is 0 Å². The fourth-order valence-electron chi connectivity index (χ4n) is 4.51. The maximum Gasteiger partial charge on any atom is 0.267 e. The van der Waals surface area contributed by atoms with E-state index in [2.05, 4.69) is 21.3 Å². The van der Waals surface area contributed by atoms with Gasteiger partial charge < -0.3 is 21.3 Å². The number of nitrogens with one attached hydrogen (secondary N) is 4. The molecule has 0 atom stereocenters. The predicted octanol–water partition coefficient (Wildman–Crippen LogP) is 5.72. The lowest BCUT2D eigenvalue weighted by molar-refractivity contribution is -0.118. The van der Waals surface area contributed by atoms with Crippen molar-refractivity contribution < 1.29 is 19.2 Å². The molecule has 4 aromatic carbocycles. The van der Waals surface area contributed by atoms with Crippen LogP contribution < -0.4 is 21.3 Å². The summed E-state index contributed by atoms with van der Waals surface area (Å²) in [6.07, 6.45) is 6.45. The van der Waals surface area contributed by atoms with Crippen LogP contribution in [0.15, 0.2) is 133 Å². The van der Waals surface area contributed by atoms with Crippen molar-refractivity contribution in [2.75, 3.05) is 13.1 Å². The molecular formula is C38H38N4O4. The van der Waals surface area contributed by atoms with Gasteiger partial charge in [0.1, 0.15) is 11.4 Å². The van der Waals surface area contributed by atoms with Gasteiger partial charge in [-0.1, -0.05) is 110 Å². The highest BCUT2D eigenvalue weighted by molar-refractivity contribution is 6.06. The molecule has 0 radical (unpaired) electrons. The molecule has 0 bridgehead atoms. The third-order valence-corrected chi connectivity index (χ3v) is 6.95. The van der Waals surface area contributed by atoms with Gasteiger partial charge >= 0.3 is 0 Å². The topological polar surface area (TPSA) is 116 Å². The molecule has 0 spiro atoms. The van der Waals surface area contributed by atoms with Crippen LogP contribution in [0.1, 0.15) is 57.5 Å². The van der Waals surface area contributed by atoms with Crippen LogP contribution in [0.2, 0.25) is 0 Å². The second kappa shape index (κ2) is 18.1. The molecule has 0 fully saturated rings. The standard InChI is InChI=1S/C38H38N4O4/c43-35(31-21-11-5-12-22-31)41-33(27-29-17-7-3-8-18-29)37(45)39-25-15-1-2-16-26-40-38(46)34(28-30-19-9-4-10-20-30)42-36(44)32-23-13-6-14-24-32/h3-14,17-24,27-28H,1-2,15-16,25-26H2,(H,39,45)(H,40,46)(H,41,43)(H,42,44)/b33-27-,34-28+. The number of amides is 4. The molecule has 4 N–H and O–H groups in total. The smallest absolute Gasteiger partial charge is 0.267 e. The summed E-state index contributed by atoms with van der Waals surface area (Å²) < 4.78 is 0. The van der Waals surface area contributed by atoms with E-state index in [1.54, 1.807) is 60.7 Å². The van der Waals surface area contributed by atoms with E-state index < -0.39 is 0 Å². The molecule has 234 valence electrons. The van der Waals surface area contributed by atoms with Gasteiger partial charge in [0.15, 0.2) is 0 Å². The molecule has 0 saturated heterocycles. The summed E-state index contributed by atoms with van der Waals surface area (Å²) in [6, 6.07) is 36.2. The van der Waals surface area contributed by atoms with Crippen molar-refractivity contribution in [2.45, 2.75) is 25.7 Å². The van der Waals surface area contributed by atoms with Crippen LogP contribution in [0.5, 0.6) is 0 Å². The van der Waals surface area contributed by atoms with E-state index in [0.29, 0.717) is 24.2 Å². The molecule has 4 rings (SSSR count). The molecule has 0 aromatic heterocycles. The summed E-state index contributed by atoms with van der Waals surface area (Å²) in [6.45, 7) is 0.877. The number of rotatable bonds is 15. The first-order chi connectivity index (χ1) is 22.5. The minimum Gasteiger partial charge on any atom is -0.351 e. The Balaban J connectivity index is 1.22. The van der Waals surface area contributed by atoms with E-state index in [0.717, 1.165) is 36.8 Å². The number of carbonyl (C=O) groups is 4. The molecule has 0 unspecified atom stereocenters. The average molecular weight is 615 g/mol. The second-order valence-electron chi connectivity index (χ2n) is 10.5. The molecule has 0 saturated carbocycles. The minimum absolute atomic E-state index is 0.168. The van der Waals surface area contributed by atoms with E-state index in [1.807, 2.05) is 72.8 Å². The van der Waals surface area contributed by atoms with E-state index in [1.165, 1.54) is 0 Å². The summed E-state index contributed by atoms with van der Waals surface area (Å²) in [5.74, 6) is -1.45. The SMILES string of the molecule is O=C(NCCCCCCNC(=O)/C(=C\c1ccccc1)NC(=O)c1ccccc1)/C(=C/c1ccccc1)NC(=O)c1ccccc1. The molecule has 8 heteroatoms. The van der Waals surface area contributed by atoms with Crippen molar-refractivity contribution in [1.29, 1.82) is 0 Å². The molecule has 0 heterocycles. The lowest BCUT2D eigenvalue weighted by atomic mass is 10.1. The van der Waals surface area contributed by atoms with Gasteiger partial charge in [0, 0.05) is 24.2 Å². The first kappa shape index (κ1) is 33.1. The van der Waals surface area contributed by atoms with Crippen LogP contribution in [-0.2, 0) is 9.59 Å². The first-order valence-electron chi connectivity index (χ1n) is 15.3. The van der Waals surface area contributed by atoms with Crippen molar-refractivity contribution in [1.82, 2.24) is 21.3 Å². The summed E-state index contributed by atoms with van der Waals surface area (Å²) in [7, 11) is 0. The van der Waals surface area contributed by atoms with E-state index in [-0.39, 0.29) is 35.0 Å². The summed E-state index contributed by atoms with van der Waals surface area (Å²) in [4.78, 5) is 51.5. The number of hydrogen-bond acceptors (Lipinski definition) is 4. The third-order valence-electron chi connectivity index (χ3n) is 6.95. The van der Waals surface area contributed by atoms with E-state index >= 15 is 0 Å². The third kappa shape index (κ3) is 11.1. The maximum atomic E-state index is 13.0. The highest BCUT2D eigenvalue weighted by Crippen LogP contribution is 2.09. The largest absolute Gasteiger partial charge is 0.351 e. The Morgan fingerprint density at radius 2 is 0.761 bits per heavy atom. The highest BCUT2D eigenvalue weighted by atomic mass is 16.2. The van der Waals surface area contributed by atoms with Crippen LogP contribution >= 0.6 is 0 Å². The Morgan fingerprint density at radius 1 is 0.435 bits per heavy atom. The van der Waals surface area contributed by atoms with Crippen LogP contribution in [0.4, 0.5) is 0 Å². The van der Waals surface area contributed by atoms with Gasteiger partial charge in [0.25, 0.3) is 23.6 Å². The minimum atomic E-state index is -0.365. The molecule has 0 aliphatic carbocycles. The highest BCUT2D eigenvalue weighted by Gasteiger charge is 2.15. The lowest BCUT2D eigenvalue weighted by Crippen LogP contribution is -2.35. The summed E-state index contributed by atoms with van der Waals surface area (Å²) in [5, 5.41) is 11.3. The van der Waals surface area contributed by atoms with Crippen LogP contribution in [0.3, 0.4) is 0 Å². The summed E-state index contributed by atoms with van der Waals surface area (Å²) >= 11 is 0. The van der Waals surface area contributed by atoms with Crippen molar-refractivity contribution >= 4 is 35.8 Å². The van der Waals surface area contributed by atoms with Gasteiger partial charge in [-0.15, -0.1) is 0 Å². The first-order valence-corrected chi connectivity index (χ1v) is 15.3. The fourth-order valence-corrected chi connectivity index (χ4v) is 4.51. The van der Waals surface area contributed by atoms with Crippen molar-refractivity contribution in [3.05, 3.63) is 155 Å². The van der Waals surface area contributed by atoms with Gasteiger partial charge in [0.2, 0.25) is 0 Å². The van der Waals surface area contributed by atoms with Crippen molar-refractivity contribution in [2.24, 2.45) is 0 Å². The van der Waals surface area contributed by atoms with Crippen LogP contribution in [-0.4, -0.2) is 36.7 Å². The zero-order valence-electron chi connectivity index (χ0n) is 25.6. The number of unbranched alkanes of at least 4 members (excludes halogenated alkanes) is 3. The monoisotopic (exact) mass is 614 g/mol. The summed E-state index contributed by atoms with van der Waals surface area (Å²) in [5.41, 5.74) is 2.85. The molecular weight excluding hydrogens is 576 g/mol. The van der Waals surface area contributed by atoms with E-state index in [9.17, 15) is 19.2 Å². The molecule has 8 nitrogen and oxygen atoms in total. The molecule has 46 heavy (non-hydrogen) atoms. The van der Waals surface area contributed by atoms with Gasteiger partial charge in [-0.3, -0.25) is 19.2 Å². The number of hydrogen-bond donors (Lipinski definition) is 4. The second-order valence-corrected chi connectivity index (χ2v) is 10.5. The molecule has 4 amide bonds. The quantitative estimate of drug-likeness (QED) is 0.101. The van der Waals surface area contributed by atoms with Gasteiger partial charge in [-0.05, 0) is 60.4 Å². The maximum absolute atomic E-state index is 13.0. The Hall–Kier alpha value is -5.76. The zero-order valence-corrected chi connectivity index (χ0v) is 25.6.